The molecular formula is C16H24ClNOS. The Morgan fingerprint density at radius 3 is 2.80 bits per heavy atom. The predicted molar refractivity (Wildman–Crippen MR) is 87.9 cm³/mol. The lowest BCUT2D eigenvalue weighted by atomic mass is 10.1. The zero-order valence-electron chi connectivity index (χ0n) is 12.3. The van der Waals surface area contributed by atoms with Gasteiger partial charge in [-0.3, -0.25) is 0 Å². The second kappa shape index (κ2) is 8.28. The third-order valence-corrected chi connectivity index (χ3v) is 5.46. The molecule has 20 heavy (non-hydrogen) atoms. The van der Waals surface area contributed by atoms with Gasteiger partial charge in [0.25, 0.3) is 0 Å². The van der Waals surface area contributed by atoms with E-state index in [1.807, 2.05) is 11.8 Å². The minimum absolute atomic E-state index is 0.356. The van der Waals surface area contributed by atoms with Crippen molar-refractivity contribution in [1.82, 2.24) is 5.32 Å². The highest BCUT2D eigenvalue weighted by molar-refractivity contribution is 8.00. The van der Waals surface area contributed by atoms with E-state index in [0.717, 1.165) is 44.0 Å². The van der Waals surface area contributed by atoms with Gasteiger partial charge in [0.15, 0.2) is 0 Å². The molecule has 1 fully saturated rings. The van der Waals surface area contributed by atoms with E-state index in [2.05, 4.69) is 37.4 Å². The molecule has 1 aromatic carbocycles. The van der Waals surface area contributed by atoms with Crippen molar-refractivity contribution in [3.8, 4) is 0 Å². The van der Waals surface area contributed by atoms with E-state index in [0.29, 0.717) is 11.3 Å². The highest BCUT2D eigenvalue weighted by atomic mass is 35.5. The van der Waals surface area contributed by atoms with Crippen LogP contribution >= 0.6 is 23.4 Å². The lowest BCUT2D eigenvalue weighted by Gasteiger charge is -2.22. The van der Waals surface area contributed by atoms with Gasteiger partial charge in [0.1, 0.15) is 0 Å². The topological polar surface area (TPSA) is 21.3 Å². The Morgan fingerprint density at radius 1 is 1.40 bits per heavy atom. The smallest absolute Gasteiger partial charge is 0.0545 e. The molecule has 0 saturated carbocycles. The van der Waals surface area contributed by atoms with E-state index in [-0.39, 0.29) is 0 Å². The number of hydrogen-bond acceptors (Lipinski definition) is 3. The van der Waals surface area contributed by atoms with Crippen molar-refractivity contribution in [2.75, 3.05) is 19.8 Å². The van der Waals surface area contributed by atoms with Crippen LogP contribution in [-0.2, 0) is 4.74 Å². The molecule has 1 N–H and O–H groups in total. The average Bonchev–Trinajstić information content (AvgIpc) is 2.48. The van der Waals surface area contributed by atoms with Gasteiger partial charge in [-0.2, -0.15) is 0 Å². The molecule has 1 aromatic rings. The lowest BCUT2D eigenvalue weighted by molar-refractivity contribution is 0.100. The van der Waals surface area contributed by atoms with Crippen molar-refractivity contribution in [1.29, 1.82) is 0 Å². The van der Waals surface area contributed by atoms with E-state index >= 15 is 0 Å². The minimum Gasteiger partial charge on any atom is -0.381 e. The van der Waals surface area contributed by atoms with Gasteiger partial charge in [-0.05, 0) is 50.4 Å². The van der Waals surface area contributed by atoms with Crippen LogP contribution < -0.4 is 5.32 Å². The zero-order chi connectivity index (χ0) is 14.4. The number of hydrogen-bond donors (Lipinski definition) is 1. The number of thioether (sulfide) groups is 1. The molecule has 0 aliphatic carbocycles. The van der Waals surface area contributed by atoms with Crippen molar-refractivity contribution in [3.63, 3.8) is 0 Å². The molecule has 0 bridgehead atoms. The zero-order valence-corrected chi connectivity index (χ0v) is 13.9. The maximum absolute atomic E-state index is 6.45. The fourth-order valence-electron chi connectivity index (χ4n) is 2.33. The van der Waals surface area contributed by atoms with Gasteiger partial charge in [-0.15, -0.1) is 11.8 Å². The van der Waals surface area contributed by atoms with Gasteiger partial charge in [0, 0.05) is 29.4 Å². The summed E-state index contributed by atoms with van der Waals surface area (Å²) >= 11 is 8.34. The summed E-state index contributed by atoms with van der Waals surface area (Å²) in [5.74, 6) is 0. The Bertz CT molecular complexity index is 421. The number of halogens is 1. The first kappa shape index (κ1) is 16.2. The first-order chi connectivity index (χ1) is 9.70. The first-order valence-corrected chi connectivity index (χ1v) is 8.73. The van der Waals surface area contributed by atoms with Crippen LogP contribution in [0.4, 0.5) is 0 Å². The molecule has 0 spiro atoms. The molecular weight excluding hydrogens is 290 g/mol. The summed E-state index contributed by atoms with van der Waals surface area (Å²) in [6, 6.07) is 6.83. The van der Waals surface area contributed by atoms with Gasteiger partial charge in [-0.1, -0.05) is 24.6 Å². The molecule has 0 aromatic heterocycles. The molecule has 4 heteroatoms. The van der Waals surface area contributed by atoms with Crippen LogP contribution in [0, 0.1) is 0 Å². The summed E-state index contributed by atoms with van der Waals surface area (Å²) in [4.78, 5) is 1.20. The van der Waals surface area contributed by atoms with E-state index in [1.54, 1.807) is 0 Å². The normalized spacial score (nSPS) is 18.1. The van der Waals surface area contributed by atoms with Crippen molar-refractivity contribution >= 4 is 23.4 Å². The Labute approximate surface area is 131 Å². The molecule has 2 rings (SSSR count). The number of nitrogens with one attached hydrogen (secondary N) is 1. The van der Waals surface area contributed by atoms with E-state index in [9.17, 15) is 0 Å². The standard InChI is InChI=1S/C16H24ClNOS/c1-3-8-18-12(2)13-4-5-16(15(17)11-13)20-14-6-9-19-10-7-14/h4-5,11-12,14,18H,3,6-10H2,1-2H3. The van der Waals surface area contributed by atoms with Crippen molar-refractivity contribution in [2.45, 2.75) is 49.3 Å². The molecule has 1 heterocycles. The summed E-state index contributed by atoms with van der Waals surface area (Å²) in [5, 5.41) is 5.01. The molecule has 1 aliphatic heterocycles. The van der Waals surface area contributed by atoms with Crippen LogP contribution in [0.3, 0.4) is 0 Å². The number of benzene rings is 1. The molecule has 1 atom stereocenters. The van der Waals surface area contributed by atoms with Gasteiger partial charge in [0.05, 0.1) is 5.02 Å². The summed E-state index contributed by atoms with van der Waals surface area (Å²) in [6.45, 7) is 7.17. The van der Waals surface area contributed by atoms with E-state index < -0.39 is 0 Å². The summed E-state index contributed by atoms with van der Waals surface area (Å²) in [7, 11) is 0. The van der Waals surface area contributed by atoms with Crippen molar-refractivity contribution in [3.05, 3.63) is 28.8 Å². The third kappa shape index (κ3) is 4.66. The molecule has 2 nitrogen and oxygen atoms in total. The Morgan fingerprint density at radius 2 is 2.15 bits per heavy atom. The van der Waals surface area contributed by atoms with Gasteiger partial charge < -0.3 is 10.1 Å². The van der Waals surface area contributed by atoms with Crippen LogP contribution in [-0.4, -0.2) is 25.0 Å². The Kier molecular flexibility index (Phi) is 6.69. The fraction of sp³-hybridized carbons (Fsp3) is 0.625. The van der Waals surface area contributed by atoms with Crippen LogP contribution in [0.2, 0.25) is 5.02 Å². The fourth-order valence-corrected chi connectivity index (χ4v) is 3.76. The van der Waals surface area contributed by atoms with Crippen molar-refractivity contribution < 1.29 is 4.74 Å². The maximum atomic E-state index is 6.45. The summed E-state index contributed by atoms with van der Waals surface area (Å²) in [6.07, 6.45) is 3.39. The van der Waals surface area contributed by atoms with E-state index in [1.165, 1.54) is 10.5 Å². The minimum atomic E-state index is 0.356. The van der Waals surface area contributed by atoms with Crippen LogP contribution in [0.15, 0.2) is 23.1 Å². The molecule has 1 aliphatic rings. The lowest BCUT2D eigenvalue weighted by Crippen LogP contribution is -2.19. The van der Waals surface area contributed by atoms with Gasteiger partial charge in [-0.25, -0.2) is 0 Å². The largest absolute Gasteiger partial charge is 0.381 e. The second-order valence-electron chi connectivity index (χ2n) is 5.30. The summed E-state index contributed by atoms with van der Waals surface area (Å²) < 4.78 is 5.40. The molecule has 1 saturated heterocycles. The van der Waals surface area contributed by atoms with Gasteiger partial charge >= 0.3 is 0 Å². The van der Waals surface area contributed by atoms with Crippen LogP contribution in [0.5, 0.6) is 0 Å². The van der Waals surface area contributed by atoms with Crippen molar-refractivity contribution in [2.24, 2.45) is 0 Å². The molecule has 0 amide bonds. The molecule has 0 radical (unpaired) electrons. The van der Waals surface area contributed by atoms with Gasteiger partial charge in [0.2, 0.25) is 0 Å². The Balaban J connectivity index is 1.97. The second-order valence-corrected chi connectivity index (χ2v) is 7.04. The van der Waals surface area contributed by atoms with E-state index in [4.69, 9.17) is 16.3 Å². The summed E-state index contributed by atoms with van der Waals surface area (Å²) in [5.41, 5.74) is 1.26. The monoisotopic (exact) mass is 313 g/mol. The highest BCUT2D eigenvalue weighted by Gasteiger charge is 2.17. The average molecular weight is 314 g/mol. The van der Waals surface area contributed by atoms with Crippen LogP contribution in [0.25, 0.3) is 0 Å². The Hall–Kier alpha value is -0.220. The van der Waals surface area contributed by atoms with Crippen LogP contribution in [0.1, 0.15) is 44.7 Å². The highest BCUT2D eigenvalue weighted by Crippen LogP contribution is 2.35. The predicted octanol–water partition coefficient (Wildman–Crippen LogP) is 4.67. The molecule has 1 unspecified atom stereocenters. The number of rotatable bonds is 6. The number of ether oxygens (including phenoxy) is 1. The quantitative estimate of drug-likeness (QED) is 0.824. The molecule has 112 valence electrons. The SMILES string of the molecule is CCCNC(C)c1ccc(SC2CCOCC2)c(Cl)c1. The maximum Gasteiger partial charge on any atom is 0.0545 e. The third-order valence-electron chi connectivity index (χ3n) is 3.62. The first-order valence-electron chi connectivity index (χ1n) is 7.48.